The summed E-state index contributed by atoms with van der Waals surface area (Å²) < 4.78 is 7.77. The summed E-state index contributed by atoms with van der Waals surface area (Å²) in [4.78, 5) is 16.0. The van der Waals surface area contributed by atoms with Gasteiger partial charge in [0.1, 0.15) is 12.4 Å². The number of nitrogens with zero attached hydrogens (tertiary/aromatic N) is 2. The molecule has 28 heavy (non-hydrogen) atoms. The third kappa shape index (κ3) is 4.71. The molecule has 1 heterocycles. The zero-order valence-corrected chi connectivity index (χ0v) is 16.1. The molecule has 0 saturated carbocycles. The summed E-state index contributed by atoms with van der Waals surface area (Å²) in [5.74, 6) is -0.130. The lowest BCUT2D eigenvalue weighted by Crippen LogP contribution is -2.02. The van der Waals surface area contributed by atoms with Crippen molar-refractivity contribution in [1.82, 2.24) is 4.57 Å². The topological polar surface area (TPSA) is 73.1 Å². The molecule has 0 spiro atoms. The molecule has 6 nitrogen and oxygen atoms in total. The summed E-state index contributed by atoms with van der Waals surface area (Å²) in [6, 6.07) is 15.3. The van der Waals surface area contributed by atoms with Crippen molar-refractivity contribution >= 4 is 23.1 Å². The van der Waals surface area contributed by atoms with E-state index in [-0.39, 0.29) is 6.42 Å². The van der Waals surface area contributed by atoms with Crippen LogP contribution in [-0.2, 0) is 23.1 Å². The summed E-state index contributed by atoms with van der Waals surface area (Å²) in [5, 5.41) is 14.0. The van der Waals surface area contributed by atoms with Gasteiger partial charge in [0.25, 0.3) is 0 Å². The molecule has 2 aromatic carbocycles. The average Bonchev–Trinajstić information content (AvgIpc) is 2.93. The Bertz CT molecular complexity index is 974. The maximum atomic E-state index is 10.7. The van der Waals surface area contributed by atoms with Crippen LogP contribution in [0.1, 0.15) is 23.2 Å². The van der Waals surface area contributed by atoms with E-state index in [4.69, 9.17) is 14.7 Å². The fourth-order valence-corrected chi connectivity index (χ4v) is 3.05. The number of benzene rings is 2. The van der Waals surface area contributed by atoms with Crippen molar-refractivity contribution in [2.75, 3.05) is 13.2 Å². The highest BCUT2D eigenvalue weighted by atomic mass is 16.6. The fraction of sp³-hybridized carbons (Fsp3) is 0.273. The number of hydrogen-bond donors (Lipinski definition) is 1. The molecule has 6 heteroatoms. The minimum Gasteiger partial charge on any atom is -0.493 e. The largest absolute Gasteiger partial charge is 0.493 e. The van der Waals surface area contributed by atoms with Gasteiger partial charge in [-0.25, -0.2) is 0 Å². The van der Waals surface area contributed by atoms with Gasteiger partial charge in [0.15, 0.2) is 0 Å². The van der Waals surface area contributed by atoms with E-state index >= 15 is 0 Å². The lowest BCUT2D eigenvalue weighted by molar-refractivity contribution is -0.136. The predicted octanol–water partition coefficient (Wildman–Crippen LogP) is 3.93. The molecule has 0 amide bonds. The maximum Gasteiger partial charge on any atom is 0.307 e. The van der Waals surface area contributed by atoms with Crippen LogP contribution in [0.2, 0.25) is 0 Å². The van der Waals surface area contributed by atoms with Crippen LogP contribution >= 0.6 is 0 Å². The van der Waals surface area contributed by atoms with Crippen LogP contribution in [0.25, 0.3) is 10.9 Å². The molecule has 0 radical (unpaired) electrons. The molecule has 0 unspecified atom stereocenters. The first-order valence-corrected chi connectivity index (χ1v) is 9.19. The van der Waals surface area contributed by atoms with E-state index in [9.17, 15) is 4.79 Å². The van der Waals surface area contributed by atoms with Gasteiger partial charge in [0.05, 0.1) is 19.2 Å². The van der Waals surface area contributed by atoms with Gasteiger partial charge in [-0.1, -0.05) is 35.5 Å². The van der Waals surface area contributed by atoms with Crippen LogP contribution in [0.5, 0.6) is 5.75 Å². The van der Waals surface area contributed by atoms with E-state index in [2.05, 4.69) is 28.8 Å². The second kappa shape index (κ2) is 9.08. The molecule has 0 atom stereocenters. The summed E-state index contributed by atoms with van der Waals surface area (Å²) in [6.07, 6.45) is 2.48. The highest BCUT2D eigenvalue weighted by Crippen LogP contribution is 2.23. The SMILES string of the molecule is Cc1c(/C=N/OCCCOc2ccc(CC(=O)O)cc2)c2ccccc2n1C. The molecular weight excluding hydrogens is 356 g/mol. The van der Waals surface area contributed by atoms with E-state index < -0.39 is 5.97 Å². The normalized spacial score (nSPS) is 11.2. The number of oxime groups is 1. The molecule has 0 aliphatic rings. The molecule has 0 aliphatic heterocycles. The number of para-hydroxylation sites is 1. The van der Waals surface area contributed by atoms with Crippen LogP contribution in [0.15, 0.2) is 53.7 Å². The van der Waals surface area contributed by atoms with Crippen LogP contribution in [0, 0.1) is 6.92 Å². The quantitative estimate of drug-likeness (QED) is 0.347. The summed E-state index contributed by atoms with van der Waals surface area (Å²) >= 11 is 0. The number of aliphatic carboxylic acids is 1. The highest BCUT2D eigenvalue weighted by molar-refractivity contribution is 6.00. The van der Waals surface area contributed by atoms with Crippen LogP contribution in [-0.4, -0.2) is 35.1 Å². The Balaban J connectivity index is 1.43. The Morgan fingerprint density at radius 1 is 1.14 bits per heavy atom. The van der Waals surface area contributed by atoms with Gasteiger partial charge in [-0.15, -0.1) is 0 Å². The molecule has 146 valence electrons. The van der Waals surface area contributed by atoms with Gasteiger partial charge in [0.2, 0.25) is 0 Å². The van der Waals surface area contributed by atoms with Crippen molar-refractivity contribution in [2.24, 2.45) is 12.2 Å². The van der Waals surface area contributed by atoms with E-state index in [0.717, 1.165) is 22.2 Å². The first-order valence-electron chi connectivity index (χ1n) is 9.19. The molecule has 3 rings (SSSR count). The number of aryl methyl sites for hydroxylation is 1. The summed E-state index contributed by atoms with van der Waals surface area (Å²) in [6.45, 7) is 3.02. The zero-order valence-electron chi connectivity index (χ0n) is 16.1. The average molecular weight is 380 g/mol. The van der Waals surface area contributed by atoms with Crippen molar-refractivity contribution in [1.29, 1.82) is 0 Å². The summed E-state index contributed by atoms with van der Waals surface area (Å²) in [5.41, 5.74) is 4.13. The van der Waals surface area contributed by atoms with Crippen molar-refractivity contribution in [3.05, 3.63) is 65.4 Å². The Hall–Kier alpha value is -3.28. The molecule has 1 N–H and O–H groups in total. The Morgan fingerprint density at radius 3 is 2.64 bits per heavy atom. The van der Waals surface area contributed by atoms with Crippen LogP contribution < -0.4 is 4.74 Å². The number of carboxylic acids is 1. The summed E-state index contributed by atoms with van der Waals surface area (Å²) in [7, 11) is 2.04. The van der Waals surface area contributed by atoms with Crippen LogP contribution in [0.3, 0.4) is 0 Å². The zero-order chi connectivity index (χ0) is 19.9. The number of ether oxygens (including phenoxy) is 1. The third-order valence-corrected chi connectivity index (χ3v) is 4.63. The lowest BCUT2D eigenvalue weighted by Gasteiger charge is -2.06. The Labute approximate surface area is 164 Å². The van der Waals surface area contributed by atoms with Crippen molar-refractivity contribution in [3.8, 4) is 5.75 Å². The number of rotatable bonds is 9. The molecule has 3 aromatic rings. The van der Waals surface area contributed by atoms with E-state index in [1.54, 1.807) is 30.5 Å². The molecule has 0 bridgehead atoms. The second-order valence-electron chi connectivity index (χ2n) is 6.56. The molecule has 0 saturated heterocycles. The van der Waals surface area contributed by atoms with Crippen molar-refractivity contribution in [3.63, 3.8) is 0 Å². The van der Waals surface area contributed by atoms with Gasteiger partial charge in [-0.3, -0.25) is 4.79 Å². The lowest BCUT2D eigenvalue weighted by atomic mass is 10.1. The molecular formula is C22H24N2O4. The van der Waals surface area contributed by atoms with E-state index in [1.807, 2.05) is 19.2 Å². The fourth-order valence-electron chi connectivity index (χ4n) is 3.05. The number of fused-ring (bicyclic) bond motifs is 1. The predicted molar refractivity (Wildman–Crippen MR) is 109 cm³/mol. The van der Waals surface area contributed by atoms with Gasteiger partial charge in [0, 0.05) is 35.6 Å². The number of carbonyl (C=O) groups is 1. The minimum atomic E-state index is -0.843. The number of hydrogen-bond acceptors (Lipinski definition) is 4. The molecule has 0 fully saturated rings. The standard InChI is InChI=1S/C22H24N2O4/c1-16-20(19-6-3-4-7-21(19)24(16)2)15-23-28-13-5-12-27-18-10-8-17(9-11-18)14-22(25)26/h3-4,6-11,15H,5,12-14H2,1-2H3,(H,25,26)/b23-15+. The monoisotopic (exact) mass is 380 g/mol. The van der Waals surface area contributed by atoms with Crippen LogP contribution in [0.4, 0.5) is 0 Å². The number of aromatic nitrogens is 1. The Morgan fingerprint density at radius 2 is 1.89 bits per heavy atom. The van der Waals surface area contributed by atoms with Gasteiger partial charge >= 0.3 is 5.97 Å². The van der Waals surface area contributed by atoms with Gasteiger partial charge in [-0.05, 0) is 30.7 Å². The molecule has 1 aromatic heterocycles. The first-order chi connectivity index (χ1) is 13.6. The highest BCUT2D eigenvalue weighted by Gasteiger charge is 2.09. The first kappa shape index (κ1) is 19.5. The molecule has 0 aliphatic carbocycles. The van der Waals surface area contributed by atoms with E-state index in [1.165, 1.54) is 5.52 Å². The second-order valence-corrected chi connectivity index (χ2v) is 6.56. The van der Waals surface area contributed by atoms with E-state index in [0.29, 0.717) is 25.4 Å². The van der Waals surface area contributed by atoms with Gasteiger partial charge < -0.3 is 19.2 Å². The Kier molecular flexibility index (Phi) is 6.32. The minimum absolute atomic E-state index is 0.0162. The van der Waals surface area contributed by atoms with Crippen molar-refractivity contribution < 1.29 is 19.5 Å². The van der Waals surface area contributed by atoms with Crippen molar-refractivity contribution in [2.45, 2.75) is 19.8 Å². The third-order valence-electron chi connectivity index (χ3n) is 4.63. The number of carboxylic acid groups (broad SMARTS) is 1. The smallest absolute Gasteiger partial charge is 0.307 e. The van der Waals surface area contributed by atoms with Gasteiger partial charge in [-0.2, -0.15) is 0 Å². The maximum absolute atomic E-state index is 10.7.